The second-order valence-electron chi connectivity index (χ2n) is 12.1. The second kappa shape index (κ2) is 12.0. The Hall–Kier alpha value is -5.96. The fraction of sp³-hybridized carbons (Fsp3) is 0. The van der Waals surface area contributed by atoms with Gasteiger partial charge in [-0.1, -0.05) is 146 Å². The van der Waals surface area contributed by atoms with Crippen LogP contribution < -0.4 is 4.90 Å². The first-order valence-corrected chi connectivity index (χ1v) is 17.2. The molecule has 0 aliphatic heterocycles. The smallest absolute Gasteiger partial charge is 0.0540 e. The molecule has 0 saturated carbocycles. The third-order valence-corrected chi connectivity index (χ3v) is 10.4. The van der Waals surface area contributed by atoms with Crippen molar-refractivity contribution in [2.75, 3.05) is 4.90 Å². The van der Waals surface area contributed by atoms with Crippen LogP contribution >= 0.6 is 11.3 Å². The van der Waals surface area contributed by atoms with Crippen molar-refractivity contribution in [3.8, 4) is 33.4 Å². The second-order valence-corrected chi connectivity index (χ2v) is 13.2. The van der Waals surface area contributed by atoms with Crippen LogP contribution in [0.2, 0.25) is 0 Å². The Morgan fingerprint density at radius 1 is 0.333 bits per heavy atom. The van der Waals surface area contributed by atoms with Gasteiger partial charge in [0.2, 0.25) is 0 Å². The molecule has 8 aromatic carbocycles. The molecule has 1 heterocycles. The van der Waals surface area contributed by atoms with Crippen molar-refractivity contribution in [1.29, 1.82) is 0 Å². The SMILES string of the molecule is c1ccc(-c2ccccc2N(c2cccc(-c3cccc4ccccc34)c2)c2ccccc2-c2ccc3sc4ccccc4c3c2)cc1. The van der Waals surface area contributed by atoms with Crippen LogP contribution in [-0.4, -0.2) is 0 Å². The van der Waals surface area contributed by atoms with Gasteiger partial charge in [-0.3, -0.25) is 0 Å². The van der Waals surface area contributed by atoms with Crippen LogP contribution in [0.3, 0.4) is 0 Å². The predicted octanol–water partition coefficient (Wildman–Crippen LogP) is 13.7. The van der Waals surface area contributed by atoms with E-state index in [1.807, 2.05) is 11.3 Å². The number of benzene rings is 8. The molecule has 1 nitrogen and oxygen atoms in total. The van der Waals surface area contributed by atoms with Crippen LogP contribution in [0.4, 0.5) is 17.1 Å². The lowest BCUT2D eigenvalue weighted by Gasteiger charge is -2.30. The average molecular weight is 630 g/mol. The number of anilines is 3. The molecule has 0 unspecified atom stereocenters. The topological polar surface area (TPSA) is 3.24 Å². The Balaban J connectivity index is 1.28. The number of para-hydroxylation sites is 2. The van der Waals surface area contributed by atoms with Gasteiger partial charge < -0.3 is 4.90 Å². The van der Waals surface area contributed by atoms with Crippen LogP contribution in [-0.2, 0) is 0 Å². The summed E-state index contributed by atoms with van der Waals surface area (Å²) in [4.78, 5) is 2.45. The maximum atomic E-state index is 2.45. The van der Waals surface area contributed by atoms with E-state index in [9.17, 15) is 0 Å². The number of rotatable bonds is 6. The molecule has 0 bridgehead atoms. The van der Waals surface area contributed by atoms with E-state index in [0.29, 0.717) is 0 Å². The number of fused-ring (bicyclic) bond motifs is 4. The minimum atomic E-state index is 1.11. The molecule has 226 valence electrons. The van der Waals surface area contributed by atoms with E-state index < -0.39 is 0 Å². The molecule has 0 N–H and O–H groups in total. The Morgan fingerprint density at radius 2 is 0.896 bits per heavy atom. The molecule has 0 aliphatic rings. The van der Waals surface area contributed by atoms with Gasteiger partial charge in [0.25, 0.3) is 0 Å². The number of nitrogens with zero attached hydrogens (tertiary/aromatic N) is 1. The van der Waals surface area contributed by atoms with Crippen LogP contribution in [0.1, 0.15) is 0 Å². The summed E-state index contributed by atoms with van der Waals surface area (Å²) < 4.78 is 2.63. The summed E-state index contributed by atoms with van der Waals surface area (Å²) in [5.74, 6) is 0. The first-order valence-electron chi connectivity index (χ1n) is 16.4. The highest BCUT2D eigenvalue weighted by molar-refractivity contribution is 7.25. The van der Waals surface area contributed by atoms with Crippen LogP contribution in [0.25, 0.3) is 64.3 Å². The fourth-order valence-corrected chi connectivity index (χ4v) is 8.12. The van der Waals surface area contributed by atoms with Crippen LogP contribution in [0.5, 0.6) is 0 Å². The normalized spacial score (nSPS) is 11.3. The highest BCUT2D eigenvalue weighted by Crippen LogP contribution is 2.46. The van der Waals surface area contributed by atoms with E-state index in [1.165, 1.54) is 64.3 Å². The first-order chi connectivity index (χ1) is 23.8. The van der Waals surface area contributed by atoms with Crippen molar-refractivity contribution in [2.24, 2.45) is 0 Å². The largest absolute Gasteiger partial charge is 0.309 e. The summed E-state index contributed by atoms with van der Waals surface area (Å²) in [7, 11) is 0. The first kappa shape index (κ1) is 28.3. The van der Waals surface area contributed by atoms with Gasteiger partial charge in [-0.05, 0) is 75.5 Å². The van der Waals surface area contributed by atoms with Gasteiger partial charge >= 0.3 is 0 Å². The Labute approximate surface area is 284 Å². The van der Waals surface area contributed by atoms with Gasteiger partial charge in [0.1, 0.15) is 0 Å². The zero-order valence-corrected chi connectivity index (χ0v) is 27.1. The predicted molar refractivity (Wildman–Crippen MR) is 208 cm³/mol. The minimum Gasteiger partial charge on any atom is -0.309 e. The third kappa shape index (κ3) is 4.95. The van der Waals surface area contributed by atoms with E-state index in [2.05, 4.69) is 193 Å². The van der Waals surface area contributed by atoms with E-state index in [4.69, 9.17) is 0 Å². The van der Waals surface area contributed by atoms with Gasteiger partial charge in [-0.2, -0.15) is 0 Å². The Morgan fingerprint density at radius 3 is 1.73 bits per heavy atom. The maximum Gasteiger partial charge on any atom is 0.0540 e. The monoisotopic (exact) mass is 629 g/mol. The fourth-order valence-electron chi connectivity index (χ4n) is 7.03. The zero-order chi connectivity index (χ0) is 31.9. The molecular weight excluding hydrogens is 599 g/mol. The molecule has 0 spiro atoms. The van der Waals surface area contributed by atoms with Crippen LogP contribution in [0, 0.1) is 0 Å². The molecule has 0 amide bonds. The van der Waals surface area contributed by atoms with E-state index in [1.54, 1.807) is 0 Å². The van der Waals surface area contributed by atoms with Crippen molar-refractivity contribution in [3.63, 3.8) is 0 Å². The third-order valence-electron chi connectivity index (χ3n) is 9.27. The van der Waals surface area contributed by atoms with Gasteiger partial charge in [0.15, 0.2) is 0 Å². The molecule has 9 rings (SSSR count). The van der Waals surface area contributed by atoms with E-state index >= 15 is 0 Å². The molecule has 0 atom stereocenters. The number of hydrogen-bond donors (Lipinski definition) is 0. The lowest BCUT2D eigenvalue weighted by molar-refractivity contribution is 1.28. The molecule has 0 radical (unpaired) electrons. The minimum absolute atomic E-state index is 1.11. The highest BCUT2D eigenvalue weighted by atomic mass is 32.1. The number of thiophene rings is 1. The zero-order valence-electron chi connectivity index (χ0n) is 26.3. The summed E-state index contributed by atoms with van der Waals surface area (Å²) in [6.45, 7) is 0. The van der Waals surface area contributed by atoms with Gasteiger partial charge in [-0.15, -0.1) is 11.3 Å². The summed E-state index contributed by atoms with van der Waals surface area (Å²) in [6, 6.07) is 68.2. The van der Waals surface area contributed by atoms with Crippen molar-refractivity contribution in [2.45, 2.75) is 0 Å². The Bertz CT molecular complexity index is 2570. The summed E-state index contributed by atoms with van der Waals surface area (Å²) in [6.07, 6.45) is 0. The standard InChI is InChI=1S/C46H31NS/c1-2-14-33(15-3-1)39-21-6-9-25-43(39)47(36-19-12-18-34(30-36)38-24-13-17-32-16-4-5-20-37(32)38)44-26-10-7-22-40(44)35-28-29-46-42(31-35)41-23-8-11-27-45(41)48-46/h1-31H. The maximum absolute atomic E-state index is 2.45. The van der Waals surface area contributed by atoms with Crippen molar-refractivity contribution in [3.05, 3.63) is 188 Å². The molecule has 9 aromatic rings. The molecule has 2 heteroatoms. The summed E-state index contributed by atoms with van der Waals surface area (Å²) in [5, 5.41) is 5.11. The van der Waals surface area contributed by atoms with Gasteiger partial charge in [-0.25, -0.2) is 0 Å². The quantitative estimate of drug-likeness (QED) is 0.177. The molecular formula is C46H31NS. The lowest BCUT2D eigenvalue weighted by Crippen LogP contribution is -2.12. The Kier molecular flexibility index (Phi) is 7.07. The lowest BCUT2D eigenvalue weighted by atomic mass is 9.96. The summed E-state index contributed by atoms with van der Waals surface area (Å²) in [5.41, 5.74) is 10.6. The molecule has 0 saturated heterocycles. The van der Waals surface area contributed by atoms with E-state index in [-0.39, 0.29) is 0 Å². The molecule has 0 fully saturated rings. The molecule has 1 aromatic heterocycles. The molecule has 0 aliphatic carbocycles. The van der Waals surface area contributed by atoms with Crippen LogP contribution in [0.15, 0.2) is 188 Å². The molecule has 48 heavy (non-hydrogen) atoms. The highest BCUT2D eigenvalue weighted by Gasteiger charge is 2.21. The number of hydrogen-bond acceptors (Lipinski definition) is 2. The van der Waals surface area contributed by atoms with Gasteiger partial charge in [0.05, 0.1) is 11.4 Å². The van der Waals surface area contributed by atoms with Crippen molar-refractivity contribution < 1.29 is 0 Å². The van der Waals surface area contributed by atoms with Gasteiger partial charge in [0, 0.05) is 37.0 Å². The average Bonchev–Trinajstić information content (AvgIpc) is 3.54. The summed E-state index contributed by atoms with van der Waals surface area (Å²) >= 11 is 1.86. The van der Waals surface area contributed by atoms with Crippen molar-refractivity contribution in [1.82, 2.24) is 0 Å². The van der Waals surface area contributed by atoms with E-state index in [0.717, 1.165) is 17.1 Å². The van der Waals surface area contributed by atoms with Crippen molar-refractivity contribution >= 4 is 59.3 Å².